The van der Waals surface area contributed by atoms with E-state index in [4.69, 9.17) is 4.42 Å². The molecule has 0 atom stereocenters. The van der Waals surface area contributed by atoms with Crippen LogP contribution in [-0.2, 0) is 5.41 Å². The van der Waals surface area contributed by atoms with Crippen molar-refractivity contribution in [3.8, 4) is 33.4 Å². The maximum Gasteiger partial charge on any atom is 0.143 e. The summed E-state index contributed by atoms with van der Waals surface area (Å²) in [7, 11) is 0. The maximum atomic E-state index is 6.54. The topological polar surface area (TPSA) is 16.4 Å². The Balaban J connectivity index is 1.13. The van der Waals surface area contributed by atoms with E-state index in [9.17, 15) is 0 Å². The minimum atomic E-state index is -0.129. The molecule has 0 amide bonds. The molecule has 0 radical (unpaired) electrons. The minimum absolute atomic E-state index is 0.129. The predicted octanol–water partition coefficient (Wildman–Crippen LogP) is 15.0. The van der Waals surface area contributed by atoms with Gasteiger partial charge in [0.1, 0.15) is 11.2 Å². The first-order valence-corrected chi connectivity index (χ1v) is 19.1. The monoisotopic (exact) mass is 703 g/mol. The van der Waals surface area contributed by atoms with Gasteiger partial charge in [-0.15, -0.1) is 0 Å². The van der Waals surface area contributed by atoms with E-state index in [1.807, 2.05) is 0 Å². The van der Waals surface area contributed by atoms with Gasteiger partial charge in [-0.1, -0.05) is 153 Å². The highest BCUT2D eigenvalue weighted by Crippen LogP contribution is 2.51. The third-order valence-electron chi connectivity index (χ3n) is 11.8. The Morgan fingerprint density at radius 2 is 1.05 bits per heavy atom. The van der Waals surface area contributed by atoms with Crippen LogP contribution in [0.25, 0.3) is 76.9 Å². The second-order valence-electron chi connectivity index (χ2n) is 15.3. The van der Waals surface area contributed by atoms with E-state index in [0.717, 1.165) is 55.5 Å². The van der Waals surface area contributed by atoms with E-state index in [2.05, 4.69) is 207 Å². The normalized spacial score (nSPS) is 13.1. The quantitative estimate of drug-likeness (QED) is 0.177. The van der Waals surface area contributed by atoms with E-state index < -0.39 is 0 Å². The maximum absolute atomic E-state index is 6.54. The van der Waals surface area contributed by atoms with Gasteiger partial charge in [0.05, 0.1) is 5.69 Å². The van der Waals surface area contributed by atoms with Crippen LogP contribution < -0.4 is 4.90 Å². The Bertz CT molecular complexity index is 3140. The van der Waals surface area contributed by atoms with Crippen molar-refractivity contribution in [3.05, 3.63) is 199 Å². The summed E-state index contributed by atoms with van der Waals surface area (Å²) in [5.74, 6) is 0. The average Bonchev–Trinajstić information content (AvgIpc) is 3.73. The average molecular weight is 704 g/mol. The van der Waals surface area contributed by atoms with Crippen molar-refractivity contribution in [2.24, 2.45) is 0 Å². The molecule has 11 rings (SSSR count). The van der Waals surface area contributed by atoms with Gasteiger partial charge in [-0.3, -0.25) is 0 Å². The highest BCUT2D eigenvalue weighted by Gasteiger charge is 2.36. The van der Waals surface area contributed by atoms with Gasteiger partial charge in [0.15, 0.2) is 0 Å². The lowest BCUT2D eigenvalue weighted by Crippen LogP contribution is -2.17. The molecule has 1 aliphatic rings. The minimum Gasteiger partial charge on any atom is -0.455 e. The fraction of sp³-hybridized carbons (Fsp3) is 0.0566. The molecule has 10 aromatic rings. The summed E-state index contributed by atoms with van der Waals surface area (Å²) in [5, 5.41) is 7.06. The van der Waals surface area contributed by atoms with Crippen molar-refractivity contribution >= 4 is 60.5 Å². The molecule has 0 saturated carbocycles. The van der Waals surface area contributed by atoms with Crippen molar-refractivity contribution in [2.45, 2.75) is 19.3 Å². The largest absolute Gasteiger partial charge is 0.455 e. The number of furan rings is 1. The van der Waals surface area contributed by atoms with Crippen LogP contribution in [0.5, 0.6) is 0 Å². The second-order valence-corrected chi connectivity index (χ2v) is 15.3. The lowest BCUT2D eigenvalue weighted by atomic mass is 9.82. The van der Waals surface area contributed by atoms with Gasteiger partial charge in [-0.05, 0) is 104 Å². The van der Waals surface area contributed by atoms with Crippen LogP contribution in [0.2, 0.25) is 0 Å². The summed E-state index contributed by atoms with van der Waals surface area (Å²) in [6.45, 7) is 4.71. The van der Waals surface area contributed by atoms with E-state index in [0.29, 0.717) is 0 Å². The van der Waals surface area contributed by atoms with Crippen LogP contribution in [0, 0.1) is 0 Å². The lowest BCUT2D eigenvalue weighted by molar-refractivity contribution is 0.660. The summed E-state index contributed by atoms with van der Waals surface area (Å²) < 4.78 is 6.54. The van der Waals surface area contributed by atoms with Crippen molar-refractivity contribution in [2.75, 3.05) is 4.90 Å². The molecule has 2 heteroatoms. The molecule has 1 heterocycles. The van der Waals surface area contributed by atoms with Gasteiger partial charge in [0.2, 0.25) is 0 Å². The van der Waals surface area contributed by atoms with Crippen molar-refractivity contribution in [1.29, 1.82) is 0 Å². The van der Waals surface area contributed by atoms with Gasteiger partial charge < -0.3 is 9.32 Å². The molecule has 0 N–H and O–H groups in total. The molecule has 260 valence electrons. The molecule has 0 fully saturated rings. The van der Waals surface area contributed by atoms with Crippen LogP contribution in [0.15, 0.2) is 192 Å². The van der Waals surface area contributed by atoms with E-state index in [1.54, 1.807) is 0 Å². The third kappa shape index (κ3) is 4.88. The number of fused-ring (bicyclic) bond motifs is 9. The van der Waals surface area contributed by atoms with Gasteiger partial charge in [0.25, 0.3) is 0 Å². The van der Waals surface area contributed by atoms with Crippen molar-refractivity contribution in [3.63, 3.8) is 0 Å². The molecule has 55 heavy (non-hydrogen) atoms. The molecule has 0 unspecified atom stereocenters. The van der Waals surface area contributed by atoms with Crippen LogP contribution in [-0.4, -0.2) is 0 Å². The molecular weight excluding hydrogens is 667 g/mol. The zero-order chi connectivity index (χ0) is 36.7. The van der Waals surface area contributed by atoms with Crippen molar-refractivity contribution in [1.82, 2.24) is 0 Å². The first-order chi connectivity index (χ1) is 27.0. The molecule has 0 saturated heterocycles. The van der Waals surface area contributed by atoms with Crippen LogP contribution >= 0.6 is 0 Å². The van der Waals surface area contributed by atoms with Crippen LogP contribution in [0.1, 0.15) is 25.0 Å². The standard InChI is InChI=1S/C53H37NO/c1-53(2)48-23-9-7-21-44(48)45-29-27-39(33-49(45)53)54(38-17-11-16-36(31-38)41-22-12-15-34-13-3-5-18-40(34)41)50-24-10-8-19-42(50)37-26-30-51-47(32-37)46-28-25-35-14-4-6-20-43(35)52(46)55-51/h3-33H,1-2H3. The first-order valence-electron chi connectivity index (χ1n) is 19.1. The fourth-order valence-corrected chi connectivity index (χ4v) is 9.13. The molecule has 0 aliphatic heterocycles. The Morgan fingerprint density at radius 1 is 0.400 bits per heavy atom. The molecule has 2 nitrogen and oxygen atoms in total. The summed E-state index contributed by atoms with van der Waals surface area (Å²) >= 11 is 0. The highest BCUT2D eigenvalue weighted by atomic mass is 16.3. The zero-order valence-corrected chi connectivity index (χ0v) is 30.8. The van der Waals surface area contributed by atoms with Gasteiger partial charge in [-0.25, -0.2) is 0 Å². The summed E-state index contributed by atoms with van der Waals surface area (Å²) in [6, 6.07) is 68.5. The van der Waals surface area contributed by atoms with Crippen molar-refractivity contribution < 1.29 is 4.42 Å². The Kier molecular flexibility index (Phi) is 6.93. The van der Waals surface area contributed by atoms with Gasteiger partial charge in [-0.2, -0.15) is 0 Å². The molecule has 1 aliphatic carbocycles. The van der Waals surface area contributed by atoms with E-state index >= 15 is 0 Å². The Labute approximate surface area is 320 Å². The van der Waals surface area contributed by atoms with Gasteiger partial charge in [0, 0.05) is 38.5 Å². The lowest BCUT2D eigenvalue weighted by Gasteiger charge is -2.30. The number of rotatable bonds is 5. The molecular formula is C53H37NO. The first kappa shape index (κ1) is 31.6. The van der Waals surface area contributed by atoms with E-state index in [-0.39, 0.29) is 5.41 Å². The third-order valence-corrected chi connectivity index (χ3v) is 11.8. The van der Waals surface area contributed by atoms with Gasteiger partial charge >= 0.3 is 0 Å². The number of benzene rings is 9. The fourth-order valence-electron chi connectivity index (χ4n) is 9.13. The number of hydrogen-bond donors (Lipinski definition) is 0. The van der Waals surface area contributed by atoms with Crippen LogP contribution in [0.3, 0.4) is 0 Å². The zero-order valence-electron chi connectivity index (χ0n) is 30.8. The Hall–Kier alpha value is -6.90. The molecule has 1 aromatic heterocycles. The molecule has 0 bridgehead atoms. The predicted molar refractivity (Wildman–Crippen MR) is 232 cm³/mol. The summed E-state index contributed by atoms with van der Waals surface area (Å²) in [6.07, 6.45) is 0. The number of nitrogens with zero attached hydrogens (tertiary/aromatic N) is 1. The summed E-state index contributed by atoms with van der Waals surface area (Å²) in [4.78, 5) is 2.45. The molecule has 0 spiro atoms. The van der Waals surface area contributed by atoms with E-state index in [1.165, 1.54) is 49.5 Å². The molecule has 9 aromatic carbocycles. The SMILES string of the molecule is CC1(C)c2ccccc2-c2ccc(N(c3cccc(-c4cccc5ccccc45)c3)c3ccccc3-c3ccc4oc5c6ccccc6ccc5c4c3)cc21. The second kappa shape index (κ2) is 12.1. The van der Waals surface area contributed by atoms with Crippen LogP contribution in [0.4, 0.5) is 17.1 Å². The summed E-state index contributed by atoms with van der Waals surface area (Å²) in [5.41, 5.74) is 15.1. The number of para-hydroxylation sites is 1. The smallest absolute Gasteiger partial charge is 0.143 e. The number of hydrogen-bond acceptors (Lipinski definition) is 2. The Morgan fingerprint density at radius 3 is 1.95 bits per heavy atom. The highest BCUT2D eigenvalue weighted by molar-refractivity contribution is 6.15. The number of anilines is 3.